The van der Waals surface area contributed by atoms with Gasteiger partial charge in [0.1, 0.15) is 0 Å². The molecule has 0 aliphatic heterocycles. The van der Waals surface area contributed by atoms with Crippen LogP contribution < -0.4 is 10.5 Å². The van der Waals surface area contributed by atoms with Crippen molar-refractivity contribution in [2.24, 2.45) is 0 Å². The minimum Gasteiger partial charge on any atom is -0.397 e. The molecule has 0 atom stereocenters. The van der Waals surface area contributed by atoms with Crippen molar-refractivity contribution in [3.8, 4) is 0 Å². The van der Waals surface area contributed by atoms with Gasteiger partial charge in [0.25, 0.3) is 0 Å². The van der Waals surface area contributed by atoms with Crippen LogP contribution in [0.3, 0.4) is 0 Å². The van der Waals surface area contributed by atoms with E-state index in [1.165, 1.54) is 0 Å². The quantitative estimate of drug-likeness (QED) is 0.850. The lowest BCUT2D eigenvalue weighted by molar-refractivity contribution is 0.600. The average molecular weight is 290 g/mol. The number of nitrogen functional groups attached to an aromatic ring is 1. The van der Waals surface area contributed by atoms with Crippen molar-refractivity contribution in [1.82, 2.24) is 0 Å². The summed E-state index contributed by atoms with van der Waals surface area (Å²) in [5.41, 5.74) is 9.50. The average Bonchev–Trinajstić information content (AvgIpc) is 2.36. The molecule has 2 rings (SSSR count). The topological polar surface area (TPSA) is 72.2 Å². The predicted molar refractivity (Wildman–Crippen MR) is 83.0 cm³/mol. The highest BCUT2D eigenvalue weighted by Gasteiger charge is 2.13. The lowest BCUT2D eigenvalue weighted by Gasteiger charge is -2.12. The smallest absolute Gasteiger partial charge is 0.236 e. The maximum absolute atomic E-state index is 12.2. The third-order valence-corrected chi connectivity index (χ3v) is 4.38. The zero-order valence-electron chi connectivity index (χ0n) is 11.6. The van der Waals surface area contributed by atoms with E-state index in [2.05, 4.69) is 4.72 Å². The molecule has 0 amide bonds. The first-order valence-electron chi connectivity index (χ1n) is 6.28. The minimum absolute atomic E-state index is 0.0692. The Morgan fingerprint density at radius 2 is 1.65 bits per heavy atom. The summed E-state index contributed by atoms with van der Waals surface area (Å²) in [7, 11) is -3.47. The standard InChI is InChI=1S/C15H18N2O2S/c1-11-8-14(16)15(9-12(11)2)17-20(18,19)10-13-6-4-3-5-7-13/h3-9,17H,10,16H2,1-2H3. The van der Waals surface area contributed by atoms with Gasteiger partial charge in [0.15, 0.2) is 0 Å². The number of nitrogens with one attached hydrogen (secondary N) is 1. The molecule has 0 saturated carbocycles. The largest absolute Gasteiger partial charge is 0.397 e. The van der Waals surface area contributed by atoms with Crippen LogP contribution in [-0.2, 0) is 15.8 Å². The number of hydrogen-bond acceptors (Lipinski definition) is 3. The van der Waals surface area contributed by atoms with Crippen LogP contribution in [0.5, 0.6) is 0 Å². The number of rotatable bonds is 4. The lowest BCUT2D eigenvalue weighted by atomic mass is 10.1. The number of hydrogen-bond donors (Lipinski definition) is 2. The molecule has 0 aliphatic rings. The number of sulfonamides is 1. The van der Waals surface area contributed by atoms with Crippen molar-refractivity contribution in [2.45, 2.75) is 19.6 Å². The summed E-state index contributed by atoms with van der Waals surface area (Å²) in [6, 6.07) is 12.6. The first-order valence-corrected chi connectivity index (χ1v) is 7.94. The number of aryl methyl sites for hydroxylation is 2. The van der Waals surface area contributed by atoms with E-state index in [1.54, 1.807) is 24.3 Å². The SMILES string of the molecule is Cc1cc(N)c(NS(=O)(=O)Cc2ccccc2)cc1C. The molecule has 106 valence electrons. The second-order valence-electron chi connectivity index (χ2n) is 4.87. The van der Waals surface area contributed by atoms with Crippen LogP contribution in [0.25, 0.3) is 0 Å². The van der Waals surface area contributed by atoms with E-state index in [-0.39, 0.29) is 5.75 Å². The lowest BCUT2D eigenvalue weighted by Crippen LogP contribution is -2.16. The summed E-state index contributed by atoms with van der Waals surface area (Å²) >= 11 is 0. The van der Waals surface area contributed by atoms with E-state index in [9.17, 15) is 8.42 Å². The van der Waals surface area contributed by atoms with Crippen LogP contribution in [0.15, 0.2) is 42.5 Å². The van der Waals surface area contributed by atoms with E-state index in [1.807, 2.05) is 32.0 Å². The third kappa shape index (κ3) is 3.51. The Morgan fingerprint density at radius 1 is 1.05 bits per heavy atom. The molecule has 0 spiro atoms. The van der Waals surface area contributed by atoms with Crippen molar-refractivity contribution < 1.29 is 8.42 Å². The van der Waals surface area contributed by atoms with E-state index in [4.69, 9.17) is 5.73 Å². The predicted octanol–water partition coefficient (Wildman–Crippen LogP) is 2.83. The Morgan fingerprint density at radius 3 is 2.30 bits per heavy atom. The van der Waals surface area contributed by atoms with Gasteiger partial charge in [0, 0.05) is 0 Å². The van der Waals surface area contributed by atoms with E-state index in [0.29, 0.717) is 11.4 Å². The molecule has 0 heterocycles. The van der Waals surface area contributed by atoms with Gasteiger partial charge in [0.05, 0.1) is 17.1 Å². The third-order valence-electron chi connectivity index (χ3n) is 3.13. The minimum atomic E-state index is -3.47. The molecule has 0 bridgehead atoms. The molecular weight excluding hydrogens is 272 g/mol. The van der Waals surface area contributed by atoms with Crippen molar-refractivity contribution in [3.63, 3.8) is 0 Å². The van der Waals surface area contributed by atoms with Gasteiger partial charge < -0.3 is 5.73 Å². The molecule has 3 N–H and O–H groups in total. The highest BCUT2D eigenvalue weighted by Crippen LogP contribution is 2.24. The zero-order valence-corrected chi connectivity index (χ0v) is 12.4. The molecule has 2 aromatic carbocycles. The van der Waals surface area contributed by atoms with Crippen LogP contribution in [0.2, 0.25) is 0 Å². The highest BCUT2D eigenvalue weighted by molar-refractivity contribution is 7.91. The van der Waals surface area contributed by atoms with Gasteiger partial charge in [-0.1, -0.05) is 30.3 Å². The first-order chi connectivity index (χ1) is 9.37. The maximum atomic E-state index is 12.2. The Kier molecular flexibility index (Phi) is 3.99. The molecule has 4 nitrogen and oxygen atoms in total. The van der Waals surface area contributed by atoms with Crippen molar-refractivity contribution in [2.75, 3.05) is 10.5 Å². The van der Waals surface area contributed by atoms with Crippen molar-refractivity contribution >= 4 is 21.4 Å². The second-order valence-corrected chi connectivity index (χ2v) is 6.59. The van der Waals surface area contributed by atoms with Crippen LogP contribution in [0.1, 0.15) is 16.7 Å². The summed E-state index contributed by atoms with van der Waals surface area (Å²) in [6.07, 6.45) is 0. The molecule has 0 radical (unpaired) electrons. The molecule has 5 heteroatoms. The van der Waals surface area contributed by atoms with Crippen molar-refractivity contribution in [1.29, 1.82) is 0 Å². The summed E-state index contributed by atoms with van der Waals surface area (Å²) in [5, 5.41) is 0. The highest BCUT2D eigenvalue weighted by atomic mass is 32.2. The van der Waals surface area contributed by atoms with E-state index in [0.717, 1.165) is 16.7 Å². The molecule has 0 fully saturated rings. The normalized spacial score (nSPS) is 11.3. The van der Waals surface area contributed by atoms with E-state index >= 15 is 0 Å². The summed E-state index contributed by atoms with van der Waals surface area (Å²) in [5.74, 6) is -0.0692. The molecule has 0 unspecified atom stereocenters. The van der Waals surface area contributed by atoms with Crippen LogP contribution >= 0.6 is 0 Å². The second kappa shape index (κ2) is 5.54. The van der Waals surface area contributed by atoms with Crippen molar-refractivity contribution in [3.05, 3.63) is 59.2 Å². The fourth-order valence-electron chi connectivity index (χ4n) is 1.92. The number of nitrogens with two attached hydrogens (primary N) is 1. The maximum Gasteiger partial charge on any atom is 0.236 e. The van der Waals surface area contributed by atoms with Crippen LogP contribution in [0.4, 0.5) is 11.4 Å². The Labute approximate surface area is 119 Å². The fourth-order valence-corrected chi connectivity index (χ4v) is 3.14. The monoisotopic (exact) mass is 290 g/mol. The Balaban J connectivity index is 2.23. The Bertz CT molecular complexity index is 710. The number of anilines is 2. The number of benzene rings is 2. The first kappa shape index (κ1) is 14.4. The van der Waals surface area contributed by atoms with Gasteiger partial charge in [-0.2, -0.15) is 0 Å². The van der Waals surface area contributed by atoms with Gasteiger partial charge in [0.2, 0.25) is 10.0 Å². The summed E-state index contributed by atoms with van der Waals surface area (Å²) in [6.45, 7) is 3.86. The fraction of sp³-hybridized carbons (Fsp3) is 0.200. The van der Waals surface area contributed by atoms with Crippen LogP contribution in [0, 0.1) is 13.8 Å². The molecule has 0 aromatic heterocycles. The molecule has 0 aliphatic carbocycles. The zero-order chi connectivity index (χ0) is 14.8. The molecule has 2 aromatic rings. The van der Waals surface area contributed by atoms with E-state index < -0.39 is 10.0 Å². The summed E-state index contributed by atoms with van der Waals surface area (Å²) in [4.78, 5) is 0. The van der Waals surface area contributed by atoms with Gasteiger partial charge in [-0.3, -0.25) is 4.72 Å². The molecule has 0 saturated heterocycles. The van der Waals surface area contributed by atoms with Gasteiger partial charge in [-0.25, -0.2) is 8.42 Å². The van der Waals surface area contributed by atoms with Crippen LogP contribution in [-0.4, -0.2) is 8.42 Å². The summed E-state index contributed by atoms with van der Waals surface area (Å²) < 4.78 is 26.9. The van der Waals surface area contributed by atoms with Gasteiger partial charge in [-0.05, 0) is 42.7 Å². The molecular formula is C15H18N2O2S. The molecule has 20 heavy (non-hydrogen) atoms. The van der Waals surface area contributed by atoms with Gasteiger partial charge in [-0.15, -0.1) is 0 Å². The Hall–Kier alpha value is -2.01. The van der Waals surface area contributed by atoms with Gasteiger partial charge >= 0.3 is 0 Å².